The molecule has 0 aliphatic carbocycles. The van der Waals surface area contributed by atoms with Gasteiger partial charge in [0.1, 0.15) is 6.10 Å². The van der Waals surface area contributed by atoms with Crippen LogP contribution >= 0.6 is 0 Å². The van der Waals surface area contributed by atoms with Crippen LogP contribution in [0.4, 0.5) is 0 Å². The molecule has 3 nitrogen and oxygen atoms in total. The molecule has 1 fully saturated rings. The van der Waals surface area contributed by atoms with Crippen LogP contribution in [0.2, 0.25) is 0 Å². The molecule has 1 N–H and O–H groups in total. The van der Waals surface area contributed by atoms with Crippen LogP contribution in [0.1, 0.15) is 24.9 Å². The third-order valence-electron chi connectivity index (χ3n) is 2.65. The van der Waals surface area contributed by atoms with Gasteiger partial charge in [-0.15, -0.1) is 0 Å². The van der Waals surface area contributed by atoms with Crippen molar-refractivity contribution in [3.63, 3.8) is 0 Å². The highest BCUT2D eigenvalue weighted by Crippen LogP contribution is 2.18. The van der Waals surface area contributed by atoms with Crippen molar-refractivity contribution in [3.8, 4) is 0 Å². The number of carbonyl (C=O) groups excluding carboxylic acids is 1. The first-order valence-corrected chi connectivity index (χ1v) is 5.28. The fourth-order valence-corrected chi connectivity index (χ4v) is 1.76. The Morgan fingerprint density at radius 2 is 2.13 bits per heavy atom. The van der Waals surface area contributed by atoms with Gasteiger partial charge in [0, 0.05) is 0 Å². The summed E-state index contributed by atoms with van der Waals surface area (Å²) in [4.78, 5) is 11.6. The first-order chi connectivity index (χ1) is 7.31. The van der Waals surface area contributed by atoms with E-state index in [1.54, 1.807) is 0 Å². The van der Waals surface area contributed by atoms with Gasteiger partial charge in [0.05, 0.1) is 12.6 Å². The second-order valence-electron chi connectivity index (χ2n) is 3.70. The Hall–Kier alpha value is -1.35. The van der Waals surface area contributed by atoms with Crippen LogP contribution in [-0.4, -0.2) is 18.6 Å². The Bertz CT molecular complexity index is 337. The summed E-state index contributed by atoms with van der Waals surface area (Å²) in [5.74, 6) is -0.00222. The van der Waals surface area contributed by atoms with Crippen LogP contribution in [0.5, 0.6) is 0 Å². The maximum atomic E-state index is 11.6. The van der Waals surface area contributed by atoms with Crippen molar-refractivity contribution in [2.24, 2.45) is 0 Å². The van der Waals surface area contributed by atoms with Crippen LogP contribution in [0.3, 0.4) is 0 Å². The molecule has 0 unspecified atom stereocenters. The summed E-state index contributed by atoms with van der Waals surface area (Å²) in [7, 11) is 0. The lowest BCUT2D eigenvalue weighted by Crippen LogP contribution is -2.46. The molecule has 0 saturated carbocycles. The van der Waals surface area contributed by atoms with Crippen LogP contribution in [-0.2, 0) is 9.53 Å². The van der Waals surface area contributed by atoms with Gasteiger partial charge in [0.25, 0.3) is 0 Å². The first-order valence-electron chi connectivity index (χ1n) is 5.28. The predicted octanol–water partition coefficient (Wildman–Crippen LogP) is 1.65. The molecule has 0 spiro atoms. The van der Waals surface area contributed by atoms with E-state index in [1.807, 2.05) is 37.3 Å². The van der Waals surface area contributed by atoms with E-state index in [0.717, 1.165) is 12.0 Å². The van der Waals surface area contributed by atoms with Crippen LogP contribution in [0, 0.1) is 0 Å². The van der Waals surface area contributed by atoms with Crippen molar-refractivity contribution in [2.75, 3.05) is 6.61 Å². The van der Waals surface area contributed by atoms with Gasteiger partial charge in [-0.2, -0.15) is 0 Å². The van der Waals surface area contributed by atoms with Crippen LogP contribution < -0.4 is 5.32 Å². The highest BCUT2D eigenvalue weighted by Gasteiger charge is 2.27. The van der Waals surface area contributed by atoms with E-state index in [-0.39, 0.29) is 18.1 Å². The van der Waals surface area contributed by atoms with Crippen molar-refractivity contribution >= 4 is 5.91 Å². The molecule has 0 radical (unpaired) electrons. The number of nitrogens with one attached hydrogen (secondary N) is 1. The molecule has 1 aromatic carbocycles. The van der Waals surface area contributed by atoms with Gasteiger partial charge in [0.15, 0.2) is 0 Å². The normalized spacial score (nSPS) is 26.1. The Morgan fingerprint density at radius 3 is 2.73 bits per heavy atom. The SMILES string of the molecule is CC[C@H]1OC[C@@H](c2ccccc2)NC1=O. The topological polar surface area (TPSA) is 38.3 Å². The minimum atomic E-state index is -0.273. The molecule has 1 aromatic rings. The first kappa shape index (κ1) is 10.2. The number of hydrogen-bond donors (Lipinski definition) is 1. The molecule has 1 heterocycles. The zero-order valence-corrected chi connectivity index (χ0v) is 8.77. The van der Waals surface area contributed by atoms with Gasteiger partial charge in [-0.3, -0.25) is 4.79 Å². The van der Waals surface area contributed by atoms with Crippen molar-refractivity contribution in [3.05, 3.63) is 35.9 Å². The van der Waals surface area contributed by atoms with E-state index >= 15 is 0 Å². The van der Waals surface area contributed by atoms with Crippen LogP contribution in [0.15, 0.2) is 30.3 Å². The second-order valence-corrected chi connectivity index (χ2v) is 3.70. The molecule has 3 heteroatoms. The summed E-state index contributed by atoms with van der Waals surface area (Å²) in [6, 6.07) is 9.90. The fraction of sp³-hybridized carbons (Fsp3) is 0.417. The highest BCUT2D eigenvalue weighted by atomic mass is 16.5. The van der Waals surface area contributed by atoms with E-state index in [1.165, 1.54) is 0 Å². The third kappa shape index (κ3) is 2.18. The number of amides is 1. The number of morpholine rings is 1. The Labute approximate surface area is 89.4 Å². The lowest BCUT2D eigenvalue weighted by molar-refractivity contribution is -0.141. The van der Waals surface area contributed by atoms with E-state index < -0.39 is 0 Å². The van der Waals surface area contributed by atoms with Crippen molar-refractivity contribution in [1.82, 2.24) is 5.32 Å². The van der Waals surface area contributed by atoms with Gasteiger partial charge in [-0.25, -0.2) is 0 Å². The third-order valence-corrected chi connectivity index (χ3v) is 2.65. The summed E-state index contributed by atoms with van der Waals surface area (Å²) >= 11 is 0. The van der Waals surface area contributed by atoms with Crippen molar-refractivity contribution in [2.45, 2.75) is 25.5 Å². The molecule has 1 saturated heterocycles. The van der Waals surface area contributed by atoms with Crippen LogP contribution in [0.25, 0.3) is 0 Å². The Morgan fingerprint density at radius 1 is 1.40 bits per heavy atom. The lowest BCUT2D eigenvalue weighted by atomic mass is 10.1. The second kappa shape index (κ2) is 4.45. The van der Waals surface area contributed by atoms with Crippen molar-refractivity contribution < 1.29 is 9.53 Å². The fourth-order valence-electron chi connectivity index (χ4n) is 1.76. The Kier molecular flexibility index (Phi) is 3.02. The molecule has 1 aliphatic heterocycles. The predicted molar refractivity (Wildman–Crippen MR) is 57.4 cm³/mol. The number of ether oxygens (including phenoxy) is 1. The molecule has 15 heavy (non-hydrogen) atoms. The van der Waals surface area contributed by atoms with Gasteiger partial charge < -0.3 is 10.1 Å². The van der Waals surface area contributed by atoms with Gasteiger partial charge >= 0.3 is 0 Å². The molecule has 1 aliphatic rings. The molecular weight excluding hydrogens is 190 g/mol. The zero-order valence-electron chi connectivity index (χ0n) is 8.77. The molecule has 2 atom stereocenters. The van der Waals surface area contributed by atoms with Gasteiger partial charge in [-0.05, 0) is 12.0 Å². The molecule has 80 valence electrons. The summed E-state index contributed by atoms with van der Waals surface area (Å²) in [5, 5.41) is 2.97. The molecular formula is C12H15NO2. The molecule has 1 amide bonds. The van der Waals surface area contributed by atoms with Crippen molar-refractivity contribution in [1.29, 1.82) is 0 Å². The minimum absolute atomic E-state index is 0.00139. The summed E-state index contributed by atoms with van der Waals surface area (Å²) in [5.41, 5.74) is 1.10. The number of benzene rings is 1. The largest absolute Gasteiger partial charge is 0.366 e. The lowest BCUT2D eigenvalue weighted by Gasteiger charge is -2.29. The molecule has 0 aromatic heterocycles. The quantitative estimate of drug-likeness (QED) is 0.797. The number of rotatable bonds is 2. The molecule has 2 rings (SSSR count). The van der Waals surface area contributed by atoms with E-state index in [9.17, 15) is 4.79 Å². The summed E-state index contributed by atoms with van der Waals surface area (Å²) < 4.78 is 5.49. The average Bonchev–Trinajstić information content (AvgIpc) is 2.30. The zero-order chi connectivity index (χ0) is 10.7. The van der Waals surface area contributed by atoms with E-state index in [4.69, 9.17) is 4.74 Å². The summed E-state index contributed by atoms with van der Waals surface area (Å²) in [6.45, 7) is 2.52. The highest BCUT2D eigenvalue weighted by molar-refractivity contribution is 5.81. The maximum Gasteiger partial charge on any atom is 0.249 e. The Balaban J connectivity index is 2.06. The number of hydrogen-bond acceptors (Lipinski definition) is 2. The summed E-state index contributed by atoms with van der Waals surface area (Å²) in [6.07, 6.45) is 0.456. The molecule has 0 bridgehead atoms. The van der Waals surface area contributed by atoms with E-state index in [0.29, 0.717) is 6.61 Å². The van der Waals surface area contributed by atoms with E-state index in [2.05, 4.69) is 5.32 Å². The standard InChI is InChI=1S/C12H15NO2/c1-2-11-12(14)13-10(8-15-11)9-6-4-3-5-7-9/h3-7,10-11H,2,8H2,1H3,(H,13,14)/t10-,11+/m0/s1. The monoisotopic (exact) mass is 205 g/mol. The van der Waals surface area contributed by atoms with Gasteiger partial charge in [-0.1, -0.05) is 37.3 Å². The number of carbonyl (C=O) groups is 1. The minimum Gasteiger partial charge on any atom is -0.366 e. The average molecular weight is 205 g/mol. The smallest absolute Gasteiger partial charge is 0.249 e. The van der Waals surface area contributed by atoms with Gasteiger partial charge in [0.2, 0.25) is 5.91 Å². The maximum absolute atomic E-state index is 11.6.